The molecule has 0 aromatic heterocycles. The van der Waals surface area contributed by atoms with Crippen LogP contribution in [0.3, 0.4) is 0 Å². The zero-order chi connectivity index (χ0) is 18.1. The van der Waals surface area contributed by atoms with Gasteiger partial charge in [0.2, 0.25) is 12.7 Å². The molecular weight excluding hydrogens is 360 g/mol. The minimum absolute atomic E-state index is 0.0189. The normalized spacial score (nSPS) is 17.3. The van der Waals surface area contributed by atoms with Gasteiger partial charge in [-0.15, -0.1) is 0 Å². The highest BCUT2D eigenvalue weighted by Crippen LogP contribution is 2.36. The minimum Gasteiger partial charge on any atom is -0.454 e. The van der Waals surface area contributed by atoms with Gasteiger partial charge in [-0.1, -0.05) is 29.8 Å². The van der Waals surface area contributed by atoms with Crippen molar-refractivity contribution in [3.8, 4) is 11.5 Å². The molecule has 0 saturated heterocycles. The highest BCUT2D eigenvalue weighted by molar-refractivity contribution is 6.33. The zero-order valence-corrected chi connectivity index (χ0v) is 14.2. The Hall–Kier alpha value is -3.06. The lowest BCUT2D eigenvalue weighted by Crippen LogP contribution is -2.20. The van der Waals surface area contributed by atoms with Crippen molar-refractivity contribution in [3.05, 3.63) is 58.1 Å². The van der Waals surface area contributed by atoms with Crippen molar-refractivity contribution in [1.29, 1.82) is 0 Å². The molecule has 1 N–H and O–H groups in total. The fraction of sp³-hybridized carbons (Fsp3) is 0.167. The maximum atomic E-state index is 12.1. The molecule has 0 bridgehead atoms. The van der Waals surface area contributed by atoms with E-state index in [9.17, 15) is 9.59 Å². The molecule has 1 amide bonds. The summed E-state index contributed by atoms with van der Waals surface area (Å²) in [4.78, 5) is 23.9. The molecule has 2 aliphatic heterocycles. The summed E-state index contributed by atoms with van der Waals surface area (Å²) in [7, 11) is 0. The summed E-state index contributed by atoms with van der Waals surface area (Å²) in [6, 6.07) is 10.3. The summed E-state index contributed by atoms with van der Waals surface area (Å²) in [5.74, 6) is 0.330. The van der Waals surface area contributed by atoms with Gasteiger partial charge in [-0.2, -0.15) is 5.10 Å². The number of hydrogen-bond acceptors (Lipinski definition) is 6. The molecule has 1 atom stereocenters. The van der Waals surface area contributed by atoms with Gasteiger partial charge < -0.3 is 14.2 Å². The van der Waals surface area contributed by atoms with E-state index in [0.29, 0.717) is 33.2 Å². The number of benzene rings is 2. The van der Waals surface area contributed by atoms with E-state index in [2.05, 4.69) is 10.5 Å². The number of nitrogens with one attached hydrogen (secondary N) is 1. The topological polar surface area (TPSA) is 86.2 Å². The van der Waals surface area contributed by atoms with Crippen LogP contribution in [-0.2, 0) is 9.53 Å². The van der Waals surface area contributed by atoms with Crippen LogP contribution >= 0.6 is 11.6 Å². The molecule has 0 fully saturated rings. The molecule has 26 heavy (non-hydrogen) atoms. The van der Waals surface area contributed by atoms with Crippen LogP contribution in [0.15, 0.2) is 41.5 Å². The first-order valence-corrected chi connectivity index (χ1v) is 8.20. The number of carbonyl (C=O) groups is 2. The van der Waals surface area contributed by atoms with E-state index in [1.54, 1.807) is 36.4 Å². The Morgan fingerprint density at radius 2 is 2.04 bits per heavy atom. The zero-order valence-electron chi connectivity index (χ0n) is 13.4. The molecule has 0 aliphatic carbocycles. The Bertz CT molecular complexity index is 928. The number of hydrazone groups is 1. The summed E-state index contributed by atoms with van der Waals surface area (Å²) in [6.45, 7) is 0.143. The van der Waals surface area contributed by atoms with Crippen molar-refractivity contribution in [2.75, 3.05) is 6.79 Å². The van der Waals surface area contributed by atoms with Crippen LogP contribution in [0.2, 0.25) is 5.02 Å². The van der Waals surface area contributed by atoms with Crippen LogP contribution in [0, 0.1) is 0 Å². The van der Waals surface area contributed by atoms with E-state index in [0.717, 1.165) is 0 Å². The summed E-state index contributed by atoms with van der Waals surface area (Å²) in [6.07, 6.45) is 0.786. The number of rotatable bonds is 4. The predicted molar refractivity (Wildman–Crippen MR) is 92.5 cm³/mol. The van der Waals surface area contributed by atoms with E-state index >= 15 is 0 Å². The Balaban J connectivity index is 1.39. The van der Waals surface area contributed by atoms with E-state index in [-0.39, 0.29) is 19.1 Å². The van der Waals surface area contributed by atoms with Gasteiger partial charge in [0.25, 0.3) is 0 Å². The van der Waals surface area contributed by atoms with Gasteiger partial charge in [-0.05, 0) is 12.1 Å². The second-order valence-corrected chi connectivity index (χ2v) is 6.11. The Morgan fingerprint density at radius 3 is 2.88 bits per heavy atom. The largest absolute Gasteiger partial charge is 0.454 e. The van der Waals surface area contributed by atoms with Gasteiger partial charge in [0.15, 0.2) is 11.5 Å². The highest BCUT2D eigenvalue weighted by Gasteiger charge is 2.31. The van der Waals surface area contributed by atoms with Crippen LogP contribution in [-0.4, -0.2) is 24.9 Å². The number of fused-ring (bicyclic) bond motifs is 2. The van der Waals surface area contributed by atoms with Crippen LogP contribution in [0.4, 0.5) is 0 Å². The molecule has 0 spiro atoms. The lowest BCUT2D eigenvalue weighted by atomic mass is 10.0. The first kappa shape index (κ1) is 16.4. The lowest BCUT2D eigenvalue weighted by molar-refractivity contribution is -0.122. The molecule has 1 unspecified atom stereocenters. The number of amides is 1. The summed E-state index contributed by atoms with van der Waals surface area (Å²) < 4.78 is 15.7. The van der Waals surface area contributed by atoms with Gasteiger partial charge >= 0.3 is 5.97 Å². The first-order chi connectivity index (χ1) is 12.6. The third-order valence-corrected chi connectivity index (χ3v) is 4.36. The summed E-state index contributed by atoms with van der Waals surface area (Å²) in [5, 5.41) is 4.32. The molecule has 4 rings (SSSR count). The van der Waals surface area contributed by atoms with Gasteiger partial charge in [-0.25, -0.2) is 10.2 Å². The summed E-state index contributed by atoms with van der Waals surface area (Å²) in [5.41, 5.74) is 4.18. The second kappa shape index (κ2) is 6.68. The lowest BCUT2D eigenvalue weighted by Gasteiger charge is -2.09. The minimum atomic E-state index is -0.608. The van der Waals surface area contributed by atoms with Gasteiger partial charge in [0.1, 0.15) is 6.10 Å². The Morgan fingerprint density at radius 1 is 1.27 bits per heavy atom. The van der Waals surface area contributed by atoms with Crippen LogP contribution in [0.1, 0.15) is 34.0 Å². The fourth-order valence-corrected chi connectivity index (χ4v) is 2.99. The van der Waals surface area contributed by atoms with E-state index < -0.39 is 12.1 Å². The number of ether oxygens (including phenoxy) is 3. The smallest absolute Gasteiger partial charge is 0.339 e. The van der Waals surface area contributed by atoms with Crippen molar-refractivity contribution in [1.82, 2.24) is 5.43 Å². The molecule has 2 aromatic rings. The number of hydrogen-bond donors (Lipinski definition) is 1. The SMILES string of the molecule is O=C(CC1OC(=O)c2ccccc21)NN=Cc1cc2c(cc1Cl)OCO2. The van der Waals surface area contributed by atoms with Gasteiger partial charge in [0, 0.05) is 17.2 Å². The number of carbonyl (C=O) groups excluding carboxylic acids is 2. The van der Waals surface area contributed by atoms with Crippen molar-refractivity contribution in [2.45, 2.75) is 12.5 Å². The molecule has 7 nitrogen and oxygen atoms in total. The van der Waals surface area contributed by atoms with Crippen LogP contribution in [0.25, 0.3) is 0 Å². The molecule has 2 aromatic carbocycles. The number of halogens is 1. The number of nitrogens with zero attached hydrogens (tertiary/aromatic N) is 1. The highest BCUT2D eigenvalue weighted by atomic mass is 35.5. The first-order valence-electron chi connectivity index (χ1n) is 7.83. The van der Waals surface area contributed by atoms with E-state index in [1.807, 2.05) is 0 Å². The molecular formula is C18H13ClN2O5. The Labute approximate surface area is 153 Å². The standard InChI is InChI=1S/C18H13ClN2O5/c19-13-6-16-15(24-9-25-16)5-10(13)8-20-21-17(22)7-14-11-3-1-2-4-12(11)18(23)26-14/h1-6,8,14H,7,9H2,(H,21,22). The van der Waals surface area contributed by atoms with Crippen molar-refractivity contribution in [2.24, 2.45) is 5.10 Å². The monoisotopic (exact) mass is 372 g/mol. The van der Waals surface area contributed by atoms with Crippen molar-refractivity contribution >= 4 is 29.7 Å². The predicted octanol–water partition coefficient (Wildman–Crippen LogP) is 2.82. The Kier molecular flexibility index (Phi) is 4.22. The average molecular weight is 373 g/mol. The van der Waals surface area contributed by atoms with Gasteiger partial charge in [-0.3, -0.25) is 4.79 Å². The maximum Gasteiger partial charge on any atom is 0.339 e. The second-order valence-electron chi connectivity index (χ2n) is 5.71. The molecule has 0 radical (unpaired) electrons. The third-order valence-electron chi connectivity index (χ3n) is 4.03. The molecule has 0 saturated carbocycles. The average Bonchev–Trinajstić information content (AvgIpc) is 3.20. The summed E-state index contributed by atoms with van der Waals surface area (Å²) >= 11 is 6.14. The molecule has 132 valence electrons. The molecule has 2 heterocycles. The quantitative estimate of drug-likeness (QED) is 0.506. The fourth-order valence-electron chi connectivity index (χ4n) is 2.79. The molecule has 2 aliphatic rings. The van der Waals surface area contributed by atoms with E-state index in [4.69, 9.17) is 25.8 Å². The van der Waals surface area contributed by atoms with Crippen LogP contribution in [0.5, 0.6) is 11.5 Å². The third kappa shape index (κ3) is 3.09. The van der Waals surface area contributed by atoms with E-state index in [1.165, 1.54) is 6.21 Å². The van der Waals surface area contributed by atoms with Crippen molar-refractivity contribution in [3.63, 3.8) is 0 Å². The van der Waals surface area contributed by atoms with Gasteiger partial charge in [0.05, 0.1) is 23.2 Å². The number of cyclic esters (lactones) is 1. The van der Waals surface area contributed by atoms with Crippen LogP contribution < -0.4 is 14.9 Å². The van der Waals surface area contributed by atoms with Crippen molar-refractivity contribution < 1.29 is 23.8 Å². The molecule has 8 heteroatoms. The maximum absolute atomic E-state index is 12.1. The number of esters is 1.